The maximum atomic E-state index is 11.8. The maximum Gasteiger partial charge on any atom is 0.312 e. The van der Waals surface area contributed by atoms with Gasteiger partial charge in [-0.1, -0.05) is 82.4 Å². The highest BCUT2D eigenvalue weighted by Gasteiger charge is 2.41. The molecule has 1 saturated carbocycles. The third-order valence-electron chi connectivity index (χ3n) is 8.05. The lowest BCUT2D eigenvalue weighted by molar-refractivity contribution is -0.156. The molecule has 2 fully saturated rings. The number of nitrogens with zero attached hydrogens (tertiary/aromatic N) is 3. The fraction of sp³-hybridized carbons (Fsp3) is 0.559. The summed E-state index contributed by atoms with van der Waals surface area (Å²) in [7, 11) is 1.56. The van der Waals surface area contributed by atoms with E-state index in [-0.39, 0.29) is 6.61 Å². The van der Waals surface area contributed by atoms with Crippen molar-refractivity contribution in [3.8, 4) is 28.6 Å². The van der Waals surface area contributed by atoms with E-state index in [1.807, 2.05) is 36.4 Å². The van der Waals surface area contributed by atoms with Crippen molar-refractivity contribution in [1.29, 1.82) is 0 Å². The summed E-state index contributed by atoms with van der Waals surface area (Å²) >= 11 is 0. The Labute approximate surface area is 250 Å². The molecule has 2 aliphatic rings. The van der Waals surface area contributed by atoms with Gasteiger partial charge in [-0.05, 0) is 73.4 Å². The Kier molecular flexibility index (Phi) is 10.4. The van der Waals surface area contributed by atoms with E-state index in [2.05, 4.69) is 42.7 Å². The van der Waals surface area contributed by atoms with Crippen molar-refractivity contribution in [3.05, 3.63) is 53.6 Å². The highest BCUT2D eigenvalue weighted by Crippen LogP contribution is 2.39. The Morgan fingerprint density at radius 1 is 1.02 bits per heavy atom. The lowest BCUT2D eigenvalue weighted by Gasteiger charge is -2.38. The third-order valence-corrected chi connectivity index (χ3v) is 8.05. The molecule has 1 saturated heterocycles. The first-order chi connectivity index (χ1) is 20.0. The van der Waals surface area contributed by atoms with Crippen LogP contribution >= 0.6 is 0 Å². The van der Waals surface area contributed by atoms with Gasteiger partial charge in [-0.15, -0.1) is 0 Å². The molecule has 2 aromatic carbocycles. The first-order valence-electron chi connectivity index (χ1n) is 15.2. The van der Waals surface area contributed by atoms with E-state index in [1.165, 1.54) is 19.3 Å². The van der Waals surface area contributed by atoms with Crippen molar-refractivity contribution < 1.29 is 24.3 Å². The van der Waals surface area contributed by atoms with Gasteiger partial charge in [-0.3, -0.25) is 9.69 Å². The molecule has 2 heterocycles. The summed E-state index contributed by atoms with van der Waals surface area (Å²) in [6.07, 6.45) is 7.13. The van der Waals surface area contributed by atoms with Gasteiger partial charge in [0.15, 0.2) is 0 Å². The van der Waals surface area contributed by atoms with Gasteiger partial charge in [-0.2, -0.15) is 4.98 Å². The van der Waals surface area contributed by atoms with Gasteiger partial charge < -0.3 is 19.5 Å². The lowest BCUT2D eigenvalue weighted by Crippen LogP contribution is -2.46. The van der Waals surface area contributed by atoms with Crippen LogP contribution in [-0.2, 0) is 16.1 Å². The minimum Gasteiger partial charge on any atom is -0.508 e. The van der Waals surface area contributed by atoms with Crippen LogP contribution in [0.5, 0.6) is 5.75 Å². The molecule has 0 spiro atoms. The van der Waals surface area contributed by atoms with E-state index < -0.39 is 11.4 Å². The van der Waals surface area contributed by atoms with E-state index >= 15 is 0 Å². The molecule has 1 aliphatic heterocycles. The second-order valence-electron chi connectivity index (χ2n) is 13.5. The Morgan fingerprint density at radius 2 is 1.64 bits per heavy atom. The Hall–Kier alpha value is -3.23. The summed E-state index contributed by atoms with van der Waals surface area (Å²) in [5, 5.41) is 24.5. The number of ether oxygens (including phenoxy) is 1. The van der Waals surface area contributed by atoms with E-state index in [0.29, 0.717) is 47.2 Å². The number of aromatic nitrogens is 2. The monoisotopic (exact) mass is 577 g/mol. The summed E-state index contributed by atoms with van der Waals surface area (Å²) in [6, 6.07) is 13.7. The molecule has 3 aromatic rings. The highest BCUT2D eigenvalue weighted by atomic mass is 16.5. The molecule has 1 aromatic heterocycles. The normalized spacial score (nSPS) is 17.8. The van der Waals surface area contributed by atoms with Crippen LogP contribution in [0.2, 0.25) is 0 Å². The molecule has 5 rings (SSSR count). The maximum absolute atomic E-state index is 11.8. The van der Waals surface area contributed by atoms with Crippen LogP contribution in [0.25, 0.3) is 22.8 Å². The smallest absolute Gasteiger partial charge is 0.312 e. The van der Waals surface area contributed by atoms with E-state index in [1.54, 1.807) is 13.2 Å². The molecule has 0 unspecified atom stereocenters. The number of hydrogen-bond donors (Lipinski definition) is 2. The first kappa shape index (κ1) is 31.7. The first-order valence-corrected chi connectivity index (χ1v) is 15.2. The molecule has 8 nitrogen and oxygen atoms in total. The molecule has 8 heteroatoms. The molecule has 42 heavy (non-hydrogen) atoms. The average molecular weight is 578 g/mol. The Bertz CT molecular complexity index is 1290. The van der Waals surface area contributed by atoms with Crippen LogP contribution in [-0.4, -0.2) is 58.0 Å². The van der Waals surface area contributed by atoms with Crippen molar-refractivity contribution in [1.82, 2.24) is 15.0 Å². The molecule has 0 atom stereocenters. The quantitative estimate of drug-likeness (QED) is 0.283. The Morgan fingerprint density at radius 3 is 2.21 bits per heavy atom. The van der Waals surface area contributed by atoms with Crippen molar-refractivity contribution in [2.45, 2.75) is 85.1 Å². The molecule has 0 amide bonds. The number of piperidine rings is 1. The van der Waals surface area contributed by atoms with Crippen LogP contribution in [0.15, 0.2) is 47.0 Å². The average Bonchev–Trinajstić information content (AvgIpc) is 3.45. The summed E-state index contributed by atoms with van der Waals surface area (Å²) in [6.45, 7) is 11.2. The van der Waals surface area contributed by atoms with E-state index in [0.717, 1.165) is 49.2 Å². The van der Waals surface area contributed by atoms with Gasteiger partial charge in [0.25, 0.3) is 5.89 Å². The molecule has 2 N–H and O–H groups in total. The van der Waals surface area contributed by atoms with Crippen LogP contribution in [0.3, 0.4) is 0 Å². The van der Waals surface area contributed by atoms with Crippen LogP contribution in [0.4, 0.5) is 0 Å². The number of likely N-dealkylation sites (tertiary alicyclic amines) is 1. The zero-order chi connectivity index (χ0) is 30.3. The Balaban J connectivity index is 0.000000748. The van der Waals surface area contributed by atoms with E-state index in [4.69, 9.17) is 9.26 Å². The zero-order valence-corrected chi connectivity index (χ0v) is 25.9. The van der Waals surface area contributed by atoms with Crippen molar-refractivity contribution in [2.75, 3.05) is 26.8 Å². The van der Waals surface area contributed by atoms with Gasteiger partial charge in [-0.25, -0.2) is 0 Å². The largest absolute Gasteiger partial charge is 0.508 e. The molecule has 1 aliphatic carbocycles. The van der Waals surface area contributed by atoms with Gasteiger partial charge in [0.1, 0.15) is 5.75 Å². The summed E-state index contributed by atoms with van der Waals surface area (Å²) < 4.78 is 10.7. The van der Waals surface area contributed by atoms with Gasteiger partial charge in [0, 0.05) is 24.8 Å². The number of aromatic hydroxyl groups is 1. The number of carbonyl (C=O) groups is 1. The van der Waals surface area contributed by atoms with Crippen molar-refractivity contribution >= 4 is 5.97 Å². The number of aliphatic carboxylic acids is 1. The number of carboxylic acids is 1. The standard InChI is InChI=1S/C29H35N3O5.C5H12/c1-36-19-29(28(34)35)13-15-32(16-14-29)18-20-7-9-22(10-8-20)26-30-27(37-31-26)23-11-12-24(25(33)17-23)21-5-3-2-4-6-21;1-5(2,3)4/h7-12,17,21,33H,2-6,13-16,18-19H2,1H3,(H,34,35);1-4H3. The van der Waals surface area contributed by atoms with Gasteiger partial charge in [0.05, 0.1) is 12.0 Å². The van der Waals surface area contributed by atoms with Crippen LogP contribution in [0, 0.1) is 10.8 Å². The minimum absolute atomic E-state index is 0.252. The number of hydrogen-bond acceptors (Lipinski definition) is 7. The molecular weight excluding hydrogens is 530 g/mol. The SMILES string of the molecule is CC(C)(C)C.COCC1(C(=O)O)CCN(Cc2ccc(-c3noc(-c4ccc(C5CCCCC5)c(O)c4)n3)cc2)CC1. The number of rotatable bonds is 8. The predicted molar refractivity (Wildman–Crippen MR) is 164 cm³/mol. The van der Waals surface area contributed by atoms with Crippen molar-refractivity contribution in [3.63, 3.8) is 0 Å². The summed E-state index contributed by atoms with van der Waals surface area (Å²) in [5.74, 6) is 0.842. The number of carboxylic acid groups (broad SMARTS) is 1. The second-order valence-corrected chi connectivity index (χ2v) is 13.5. The topological polar surface area (TPSA) is 109 Å². The van der Waals surface area contributed by atoms with Crippen LogP contribution in [0.1, 0.15) is 89.7 Å². The van der Waals surface area contributed by atoms with Crippen molar-refractivity contribution in [2.24, 2.45) is 10.8 Å². The highest BCUT2D eigenvalue weighted by molar-refractivity contribution is 5.75. The fourth-order valence-corrected chi connectivity index (χ4v) is 5.75. The van der Waals surface area contributed by atoms with E-state index in [9.17, 15) is 15.0 Å². The minimum atomic E-state index is -0.779. The molecule has 0 bridgehead atoms. The second kappa shape index (κ2) is 13.8. The number of benzene rings is 2. The summed E-state index contributed by atoms with van der Waals surface area (Å²) in [5.41, 5.74) is 3.44. The molecule has 228 valence electrons. The number of methoxy groups -OCH3 is 1. The third kappa shape index (κ3) is 8.42. The molecular formula is C34H47N3O5. The molecule has 0 radical (unpaired) electrons. The predicted octanol–water partition coefficient (Wildman–Crippen LogP) is 7.52. The number of phenolic OH excluding ortho intramolecular Hbond substituents is 1. The fourth-order valence-electron chi connectivity index (χ4n) is 5.75. The lowest BCUT2D eigenvalue weighted by atomic mass is 9.79. The zero-order valence-electron chi connectivity index (χ0n) is 25.9. The van der Waals surface area contributed by atoms with Gasteiger partial charge in [0.2, 0.25) is 5.82 Å². The summed E-state index contributed by atoms with van der Waals surface area (Å²) in [4.78, 5) is 18.6. The van der Waals surface area contributed by atoms with Gasteiger partial charge >= 0.3 is 5.97 Å². The number of phenols is 1. The van der Waals surface area contributed by atoms with Crippen LogP contribution < -0.4 is 0 Å².